The van der Waals surface area contributed by atoms with Crippen molar-refractivity contribution in [3.63, 3.8) is 0 Å². The van der Waals surface area contributed by atoms with Gasteiger partial charge in [-0.25, -0.2) is 4.39 Å². The molecule has 0 aliphatic heterocycles. The SMILES string of the molecule is OB(O)c1ccc(OCc2c(F)cccc2Cl)cc1. The third-order valence-electron chi connectivity index (χ3n) is 2.62. The summed E-state index contributed by atoms with van der Waals surface area (Å²) in [6, 6.07) is 10.6. The van der Waals surface area contributed by atoms with E-state index in [9.17, 15) is 4.39 Å². The lowest BCUT2D eigenvalue weighted by molar-refractivity contribution is 0.300. The van der Waals surface area contributed by atoms with E-state index in [4.69, 9.17) is 26.4 Å². The summed E-state index contributed by atoms with van der Waals surface area (Å²) in [6.07, 6.45) is 0. The van der Waals surface area contributed by atoms with Crippen LogP contribution in [-0.4, -0.2) is 17.2 Å². The molecule has 0 aliphatic carbocycles. The monoisotopic (exact) mass is 280 g/mol. The van der Waals surface area contributed by atoms with Gasteiger partial charge in [0.05, 0.1) is 5.02 Å². The third-order valence-corrected chi connectivity index (χ3v) is 2.98. The highest BCUT2D eigenvalue weighted by atomic mass is 35.5. The molecule has 19 heavy (non-hydrogen) atoms. The van der Waals surface area contributed by atoms with Gasteiger partial charge in [-0.05, 0) is 29.7 Å². The Morgan fingerprint density at radius 3 is 2.37 bits per heavy atom. The highest BCUT2D eigenvalue weighted by molar-refractivity contribution is 6.58. The van der Waals surface area contributed by atoms with E-state index in [0.717, 1.165) is 0 Å². The van der Waals surface area contributed by atoms with Gasteiger partial charge in [-0.15, -0.1) is 0 Å². The summed E-state index contributed by atoms with van der Waals surface area (Å²) in [5, 5.41) is 18.2. The lowest BCUT2D eigenvalue weighted by atomic mass is 9.80. The van der Waals surface area contributed by atoms with E-state index in [1.165, 1.54) is 24.3 Å². The molecule has 6 heteroatoms. The summed E-state index contributed by atoms with van der Waals surface area (Å²) >= 11 is 5.88. The number of hydrogen-bond donors (Lipinski definition) is 2. The minimum atomic E-state index is -1.52. The van der Waals surface area contributed by atoms with Crippen molar-refractivity contribution in [3.05, 3.63) is 58.9 Å². The van der Waals surface area contributed by atoms with Crippen LogP contribution in [0.5, 0.6) is 5.75 Å². The Morgan fingerprint density at radius 1 is 1.11 bits per heavy atom. The fourth-order valence-corrected chi connectivity index (χ4v) is 1.78. The molecule has 98 valence electrons. The third kappa shape index (κ3) is 3.47. The predicted octanol–water partition coefficient (Wildman–Crippen LogP) is 1.74. The van der Waals surface area contributed by atoms with Gasteiger partial charge in [0.25, 0.3) is 0 Å². The number of benzene rings is 2. The van der Waals surface area contributed by atoms with Crippen molar-refractivity contribution < 1.29 is 19.2 Å². The van der Waals surface area contributed by atoms with Gasteiger partial charge < -0.3 is 14.8 Å². The Balaban J connectivity index is 2.06. The largest absolute Gasteiger partial charge is 0.489 e. The second-order valence-electron chi connectivity index (χ2n) is 3.93. The molecule has 0 amide bonds. The average Bonchev–Trinajstić information content (AvgIpc) is 2.38. The second-order valence-corrected chi connectivity index (χ2v) is 4.34. The Labute approximate surface area is 115 Å². The van der Waals surface area contributed by atoms with Crippen LogP contribution in [0.1, 0.15) is 5.56 Å². The lowest BCUT2D eigenvalue weighted by Crippen LogP contribution is -2.29. The molecule has 0 spiro atoms. The van der Waals surface area contributed by atoms with Crippen LogP contribution < -0.4 is 10.2 Å². The van der Waals surface area contributed by atoms with E-state index < -0.39 is 12.9 Å². The van der Waals surface area contributed by atoms with E-state index in [1.54, 1.807) is 18.2 Å². The Kier molecular flexibility index (Phi) is 4.42. The topological polar surface area (TPSA) is 49.7 Å². The molecule has 0 saturated heterocycles. The van der Waals surface area contributed by atoms with Gasteiger partial charge in [0.1, 0.15) is 18.2 Å². The summed E-state index contributed by atoms with van der Waals surface area (Å²) in [7, 11) is -1.52. The molecule has 0 fully saturated rings. The zero-order valence-electron chi connectivity index (χ0n) is 9.88. The summed E-state index contributed by atoms with van der Waals surface area (Å²) in [5.41, 5.74) is 0.645. The van der Waals surface area contributed by atoms with Gasteiger partial charge in [0, 0.05) is 5.56 Å². The number of hydrogen-bond acceptors (Lipinski definition) is 3. The van der Waals surface area contributed by atoms with Crippen LogP contribution in [0, 0.1) is 5.82 Å². The number of ether oxygens (including phenoxy) is 1. The van der Waals surface area contributed by atoms with Crippen molar-refractivity contribution in [1.82, 2.24) is 0 Å². The Bertz CT molecular complexity index is 540. The van der Waals surface area contributed by atoms with Crippen LogP contribution in [0.25, 0.3) is 0 Å². The molecule has 0 aliphatic rings. The van der Waals surface area contributed by atoms with E-state index in [2.05, 4.69) is 0 Å². The average molecular weight is 280 g/mol. The fraction of sp³-hybridized carbons (Fsp3) is 0.0769. The molecule has 3 nitrogen and oxygen atoms in total. The minimum absolute atomic E-state index is 0.00648. The molecule has 2 N–H and O–H groups in total. The van der Waals surface area contributed by atoms with E-state index in [-0.39, 0.29) is 12.2 Å². The summed E-state index contributed by atoms with van der Waals surface area (Å²) in [5.74, 6) is 0.0682. The highest BCUT2D eigenvalue weighted by Gasteiger charge is 2.11. The molecular formula is C13H11BClFO3. The molecule has 0 aromatic heterocycles. The lowest BCUT2D eigenvalue weighted by Gasteiger charge is -2.09. The zero-order chi connectivity index (χ0) is 13.8. The molecule has 2 aromatic rings. The van der Waals surface area contributed by atoms with Crippen LogP contribution in [-0.2, 0) is 6.61 Å². The first kappa shape index (κ1) is 13.9. The van der Waals surface area contributed by atoms with Crippen molar-refractivity contribution >= 4 is 24.2 Å². The quantitative estimate of drug-likeness (QED) is 0.839. The normalized spacial score (nSPS) is 10.3. The number of halogens is 2. The van der Waals surface area contributed by atoms with Crippen LogP contribution in [0.2, 0.25) is 5.02 Å². The maximum atomic E-state index is 13.5. The molecule has 0 heterocycles. The van der Waals surface area contributed by atoms with Crippen LogP contribution >= 0.6 is 11.6 Å². The predicted molar refractivity (Wildman–Crippen MR) is 72.0 cm³/mol. The molecule has 0 bridgehead atoms. The van der Waals surface area contributed by atoms with E-state index >= 15 is 0 Å². The van der Waals surface area contributed by atoms with Gasteiger partial charge >= 0.3 is 7.12 Å². The standard InChI is InChI=1S/C13H11BClFO3/c15-12-2-1-3-13(16)11(12)8-19-10-6-4-9(5-7-10)14(17)18/h1-7,17-18H,8H2. The molecule has 0 unspecified atom stereocenters. The van der Waals surface area contributed by atoms with Crippen molar-refractivity contribution in [1.29, 1.82) is 0 Å². The van der Waals surface area contributed by atoms with Crippen molar-refractivity contribution in [3.8, 4) is 5.75 Å². The van der Waals surface area contributed by atoms with Crippen molar-refractivity contribution in [2.75, 3.05) is 0 Å². The molecular weight excluding hydrogens is 269 g/mol. The number of rotatable bonds is 4. The zero-order valence-corrected chi connectivity index (χ0v) is 10.6. The molecule has 0 saturated carbocycles. The maximum absolute atomic E-state index is 13.5. The van der Waals surface area contributed by atoms with Gasteiger partial charge in [0.2, 0.25) is 0 Å². The first-order valence-corrected chi connectivity index (χ1v) is 5.97. The van der Waals surface area contributed by atoms with Crippen molar-refractivity contribution in [2.24, 2.45) is 0 Å². The summed E-state index contributed by atoms with van der Waals surface area (Å²) < 4.78 is 18.9. The minimum Gasteiger partial charge on any atom is -0.489 e. The molecule has 0 atom stereocenters. The van der Waals surface area contributed by atoms with E-state index in [0.29, 0.717) is 16.2 Å². The summed E-state index contributed by atoms with van der Waals surface area (Å²) in [6.45, 7) is 0.00648. The second kappa shape index (κ2) is 6.06. The summed E-state index contributed by atoms with van der Waals surface area (Å²) in [4.78, 5) is 0. The van der Waals surface area contributed by atoms with Gasteiger partial charge in [0.15, 0.2) is 0 Å². The van der Waals surface area contributed by atoms with Gasteiger partial charge in [-0.3, -0.25) is 0 Å². The van der Waals surface area contributed by atoms with Gasteiger partial charge in [-0.2, -0.15) is 0 Å². The smallest absolute Gasteiger partial charge is 0.488 e. The first-order chi connectivity index (χ1) is 9.08. The fourth-order valence-electron chi connectivity index (χ4n) is 1.56. The first-order valence-electron chi connectivity index (χ1n) is 5.59. The Hall–Kier alpha value is -1.56. The molecule has 0 radical (unpaired) electrons. The van der Waals surface area contributed by atoms with Crippen LogP contribution in [0.3, 0.4) is 0 Å². The highest BCUT2D eigenvalue weighted by Crippen LogP contribution is 2.21. The Morgan fingerprint density at radius 2 is 1.79 bits per heavy atom. The maximum Gasteiger partial charge on any atom is 0.488 e. The molecule has 2 aromatic carbocycles. The van der Waals surface area contributed by atoms with Crippen LogP contribution in [0.4, 0.5) is 4.39 Å². The van der Waals surface area contributed by atoms with E-state index in [1.807, 2.05) is 0 Å². The van der Waals surface area contributed by atoms with Crippen LogP contribution in [0.15, 0.2) is 42.5 Å². The van der Waals surface area contributed by atoms with Gasteiger partial charge in [-0.1, -0.05) is 29.8 Å². The molecule has 2 rings (SSSR count). The van der Waals surface area contributed by atoms with Crippen molar-refractivity contribution in [2.45, 2.75) is 6.61 Å².